The van der Waals surface area contributed by atoms with Crippen molar-refractivity contribution in [3.63, 3.8) is 0 Å². The van der Waals surface area contributed by atoms with E-state index >= 15 is 0 Å². The molecule has 0 atom stereocenters. The van der Waals surface area contributed by atoms with Gasteiger partial charge in [-0.15, -0.1) is 0 Å². The Hall–Kier alpha value is -0.120. The highest BCUT2D eigenvalue weighted by Crippen LogP contribution is 2.29. The van der Waals surface area contributed by atoms with Crippen LogP contribution in [-0.2, 0) is 14.2 Å². The summed E-state index contributed by atoms with van der Waals surface area (Å²) >= 11 is 0. The Kier molecular flexibility index (Phi) is 4.85. The second kappa shape index (κ2) is 5.69. The fourth-order valence-corrected chi connectivity index (χ4v) is 1.57. The molecule has 14 heavy (non-hydrogen) atoms. The van der Waals surface area contributed by atoms with Gasteiger partial charge >= 0.3 is 0 Å². The lowest BCUT2D eigenvalue weighted by atomic mass is 9.87. The van der Waals surface area contributed by atoms with Crippen molar-refractivity contribution in [3.05, 3.63) is 0 Å². The van der Waals surface area contributed by atoms with Gasteiger partial charge in [0.2, 0.25) is 0 Å². The molecule has 0 aromatic rings. The van der Waals surface area contributed by atoms with Gasteiger partial charge in [-0.25, -0.2) is 0 Å². The lowest BCUT2D eigenvalue weighted by Crippen LogP contribution is -2.44. The maximum absolute atomic E-state index is 5.63. The summed E-state index contributed by atoms with van der Waals surface area (Å²) in [5.74, 6) is 0. The number of ether oxygens (including phenoxy) is 3. The zero-order valence-corrected chi connectivity index (χ0v) is 9.54. The summed E-state index contributed by atoms with van der Waals surface area (Å²) in [6.45, 7) is 9.30. The normalized spacial score (nSPS) is 33.2. The lowest BCUT2D eigenvalue weighted by Gasteiger charge is -2.38. The number of rotatable bonds is 5. The van der Waals surface area contributed by atoms with E-state index in [0.29, 0.717) is 0 Å². The Morgan fingerprint density at radius 2 is 1.86 bits per heavy atom. The fourth-order valence-electron chi connectivity index (χ4n) is 1.57. The van der Waals surface area contributed by atoms with Gasteiger partial charge in [0.1, 0.15) is 0 Å². The molecule has 0 saturated carbocycles. The monoisotopic (exact) mass is 202 g/mol. The Labute approximate surface area is 86.7 Å². The molecule has 0 aromatic carbocycles. The molecule has 3 heteroatoms. The summed E-state index contributed by atoms with van der Waals surface area (Å²) in [5.41, 5.74) is 0.0850. The fraction of sp³-hybridized carbons (Fsp3) is 1.00. The Balaban J connectivity index is 2.39. The van der Waals surface area contributed by atoms with Crippen molar-refractivity contribution in [2.45, 2.75) is 39.9 Å². The van der Waals surface area contributed by atoms with Gasteiger partial charge in [-0.2, -0.15) is 0 Å². The van der Waals surface area contributed by atoms with E-state index in [1.807, 2.05) is 6.92 Å². The van der Waals surface area contributed by atoms with Crippen molar-refractivity contribution in [2.75, 3.05) is 26.4 Å². The van der Waals surface area contributed by atoms with E-state index in [2.05, 4.69) is 13.8 Å². The first-order chi connectivity index (χ1) is 6.76. The Morgan fingerprint density at radius 3 is 2.29 bits per heavy atom. The van der Waals surface area contributed by atoms with Crippen molar-refractivity contribution in [1.82, 2.24) is 0 Å². The van der Waals surface area contributed by atoms with Gasteiger partial charge in [0.15, 0.2) is 6.29 Å². The summed E-state index contributed by atoms with van der Waals surface area (Å²) in [7, 11) is 0. The average Bonchev–Trinajstić information content (AvgIpc) is 2.27. The van der Waals surface area contributed by atoms with Crippen LogP contribution in [-0.4, -0.2) is 32.7 Å². The van der Waals surface area contributed by atoms with Gasteiger partial charge in [0.05, 0.1) is 19.8 Å². The van der Waals surface area contributed by atoms with E-state index in [1.165, 1.54) is 0 Å². The summed E-state index contributed by atoms with van der Waals surface area (Å²) in [4.78, 5) is 0. The first-order valence-corrected chi connectivity index (χ1v) is 5.57. The smallest absolute Gasteiger partial charge is 0.157 e. The molecule has 0 bridgehead atoms. The van der Waals surface area contributed by atoms with E-state index < -0.39 is 0 Å². The van der Waals surface area contributed by atoms with Crippen molar-refractivity contribution < 1.29 is 14.2 Å². The van der Waals surface area contributed by atoms with E-state index in [4.69, 9.17) is 14.2 Å². The highest BCUT2D eigenvalue weighted by Gasteiger charge is 2.35. The predicted octanol–water partition coefficient (Wildman–Crippen LogP) is 2.20. The van der Waals surface area contributed by atoms with Crippen molar-refractivity contribution in [2.24, 2.45) is 5.41 Å². The quantitative estimate of drug-likeness (QED) is 0.684. The lowest BCUT2D eigenvalue weighted by molar-refractivity contribution is -0.240. The van der Waals surface area contributed by atoms with Crippen LogP contribution < -0.4 is 0 Å². The molecular weight excluding hydrogens is 180 g/mol. The number of hydrogen-bond donors (Lipinski definition) is 0. The summed E-state index contributed by atoms with van der Waals surface area (Å²) in [6, 6.07) is 0. The van der Waals surface area contributed by atoms with Crippen LogP contribution in [0.3, 0.4) is 0 Å². The zero-order valence-electron chi connectivity index (χ0n) is 9.54. The topological polar surface area (TPSA) is 27.7 Å². The summed E-state index contributed by atoms with van der Waals surface area (Å²) in [5, 5.41) is 0. The minimum atomic E-state index is -0.00342. The third kappa shape index (κ3) is 2.94. The molecular formula is C11H22O3. The van der Waals surface area contributed by atoms with E-state index in [-0.39, 0.29) is 11.7 Å². The van der Waals surface area contributed by atoms with Gasteiger partial charge in [-0.1, -0.05) is 13.8 Å². The molecule has 0 spiro atoms. The summed E-state index contributed by atoms with van der Waals surface area (Å²) in [6.07, 6.45) is 1.97. The maximum atomic E-state index is 5.63. The molecule has 0 radical (unpaired) electrons. The van der Waals surface area contributed by atoms with Crippen LogP contribution in [0.25, 0.3) is 0 Å². The standard InChI is InChI=1S/C11H22O3/c1-4-10-13-8-11(5-2,9-14-10)7-12-6-3/h10H,4-9H2,1-3H3. The Morgan fingerprint density at radius 1 is 1.21 bits per heavy atom. The molecule has 84 valence electrons. The highest BCUT2D eigenvalue weighted by molar-refractivity contribution is 4.80. The molecule has 1 fully saturated rings. The third-order valence-corrected chi connectivity index (χ3v) is 2.85. The number of hydrogen-bond acceptors (Lipinski definition) is 3. The van der Waals surface area contributed by atoms with Gasteiger partial charge in [0.25, 0.3) is 0 Å². The highest BCUT2D eigenvalue weighted by atomic mass is 16.7. The van der Waals surface area contributed by atoms with Crippen LogP contribution in [0.4, 0.5) is 0 Å². The van der Waals surface area contributed by atoms with E-state index in [0.717, 1.165) is 39.3 Å². The summed E-state index contributed by atoms with van der Waals surface area (Å²) < 4.78 is 16.7. The maximum Gasteiger partial charge on any atom is 0.157 e. The van der Waals surface area contributed by atoms with Gasteiger partial charge in [-0.05, 0) is 19.8 Å². The molecule has 0 aliphatic carbocycles. The van der Waals surface area contributed by atoms with Gasteiger partial charge in [-0.3, -0.25) is 0 Å². The van der Waals surface area contributed by atoms with Crippen LogP contribution >= 0.6 is 0 Å². The van der Waals surface area contributed by atoms with E-state index in [1.54, 1.807) is 0 Å². The minimum absolute atomic E-state index is 0.00342. The first-order valence-electron chi connectivity index (χ1n) is 5.57. The van der Waals surface area contributed by atoms with Gasteiger partial charge in [0, 0.05) is 12.0 Å². The van der Waals surface area contributed by atoms with Crippen molar-refractivity contribution in [1.29, 1.82) is 0 Å². The third-order valence-electron chi connectivity index (χ3n) is 2.85. The molecule has 0 amide bonds. The van der Waals surface area contributed by atoms with E-state index in [9.17, 15) is 0 Å². The molecule has 1 saturated heterocycles. The molecule has 1 heterocycles. The molecule has 0 unspecified atom stereocenters. The van der Waals surface area contributed by atoms with Crippen molar-refractivity contribution in [3.8, 4) is 0 Å². The zero-order chi connectivity index (χ0) is 10.4. The van der Waals surface area contributed by atoms with Gasteiger partial charge < -0.3 is 14.2 Å². The first kappa shape index (κ1) is 12.0. The minimum Gasteiger partial charge on any atom is -0.381 e. The predicted molar refractivity (Wildman–Crippen MR) is 55.2 cm³/mol. The molecule has 0 N–H and O–H groups in total. The molecule has 1 aliphatic heterocycles. The molecule has 0 aromatic heterocycles. The van der Waals surface area contributed by atoms with Crippen LogP contribution in [0.5, 0.6) is 0 Å². The SMILES string of the molecule is CCOCC1(CC)COC(CC)OC1. The molecule has 1 rings (SSSR count). The molecule has 3 nitrogen and oxygen atoms in total. The Bertz CT molecular complexity index is 151. The average molecular weight is 202 g/mol. The molecule has 1 aliphatic rings. The van der Waals surface area contributed by atoms with Crippen LogP contribution in [0.1, 0.15) is 33.6 Å². The van der Waals surface area contributed by atoms with Crippen LogP contribution in [0.15, 0.2) is 0 Å². The second-order valence-electron chi connectivity index (χ2n) is 3.95. The van der Waals surface area contributed by atoms with Crippen LogP contribution in [0, 0.1) is 5.41 Å². The van der Waals surface area contributed by atoms with Crippen molar-refractivity contribution >= 4 is 0 Å². The largest absolute Gasteiger partial charge is 0.381 e. The second-order valence-corrected chi connectivity index (χ2v) is 3.95. The van der Waals surface area contributed by atoms with Crippen LogP contribution in [0.2, 0.25) is 0 Å².